The lowest BCUT2D eigenvalue weighted by Gasteiger charge is -2.06. The lowest BCUT2D eigenvalue weighted by Crippen LogP contribution is -2.02. The molecule has 0 atom stereocenters. The maximum absolute atomic E-state index is 11.3. The molecule has 1 heterocycles. The fourth-order valence-corrected chi connectivity index (χ4v) is 2.67. The van der Waals surface area contributed by atoms with Crippen molar-refractivity contribution in [1.29, 1.82) is 0 Å². The van der Waals surface area contributed by atoms with E-state index in [-0.39, 0.29) is 0 Å². The summed E-state index contributed by atoms with van der Waals surface area (Å²) in [4.78, 5) is 0. The summed E-state index contributed by atoms with van der Waals surface area (Å²) in [6.45, 7) is 0. The predicted octanol–water partition coefficient (Wildman–Crippen LogP) is 1.38. The van der Waals surface area contributed by atoms with Gasteiger partial charge in [-0.2, -0.15) is 0 Å². The van der Waals surface area contributed by atoms with Crippen LogP contribution < -0.4 is 0 Å². The van der Waals surface area contributed by atoms with E-state index in [1.165, 1.54) is 0 Å². The van der Waals surface area contributed by atoms with Crippen molar-refractivity contribution < 1.29 is 4.21 Å². The molecule has 52 valence electrons. The largest absolute Gasteiger partial charge is 0.280 e. The van der Waals surface area contributed by atoms with Crippen molar-refractivity contribution in [3.63, 3.8) is 0 Å². The molecule has 3 heteroatoms. The molecule has 0 amide bonds. The van der Waals surface area contributed by atoms with Gasteiger partial charge in [-0.15, -0.1) is 11.3 Å². The number of hydrogen-bond acceptors (Lipinski definition) is 2. The quantitative estimate of drug-likeness (QED) is 0.617. The van der Waals surface area contributed by atoms with Gasteiger partial charge in [-0.1, -0.05) is 16.0 Å². The van der Waals surface area contributed by atoms with E-state index >= 15 is 0 Å². The van der Waals surface area contributed by atoms with Gasteiger partial charge >= 0.3 is 0 Å². The second kappa shape index (κ2) is 2.23. The molecule has 1 aromatic heterocycles. The van der Waals surface area contributed by atoms with Gasteiger partial charge in [-0.3, -0.25) is 4.21 Å². The molecule has 0 fully saturated rings. The minimum absolute atomic E-state index is 1.02. The molecule has 1 rings (SSSR count). The van der Waals surface area contributed by atoms with Gasteiger partial charge in [0.1, 0.15) is 0 Å². The van der Waals surface area contributed by atoms with Crippen molar-refractivity contribution in [3.05, 3.63) is 17.5 Å². The molecule has 0 N–H and O–H groups in total. The molecule has 0 saturated heterocycles. The fraction of sp³-hybridized carbons (Fsp3) is 0.333. The first-order valence-electron chi connectivity index (χ1n) is 2.70. The van der Waals surface area contributed by atoms with E-state index in [0.29, 0.717) is 0 Å². The first-order valence-corrected chi connectivity index (χ1v) is 6.18. The molecule has 1 aromatic rings. The summed E-state index contributed by atoms with van der Waals surface area (Å²) in [6.07, 6.45) is 3.58. The molecule has 0 bridgehead atoms. The maximum atomic E-state index is 11.3. The summed E-state index contributed by atoms with van der Waals surface area (Å²) in [7, 11) is -1.95. The van der Waals surface area contributed by atoms with Crippen LogP contribution in [0.1, 0.15) is 0 Å². The van der Waals surface area contributed by atoms with E-state index in [0.717, 1.165) is 4.21 Å². The molecule has 1 nitrogen and oxygen atoms in total. The molecule has 0 spiro atoms. The van der Waals surface area contributed by atoms with Gasteiger partial charge in [-0.05, 0) is 24.0 Å². The zero-order chi connectivity index (χ0) is 6.91. The third kappa shape index (κ3) is 1.63. The zero-order valence-electron chi connectivity index (χ0n) is 5.50. The Morgan fingerprint density at radius 1 is 1.56 bits per heavy atom. The van der Waals surface area contributed by atoms with Crippen LogP contribution in [0, 0.1) is 0 Å². The third-order valence-corrected chi connectivity index (χ3v) is 4.55. The van der Waals surface area contributed by atoms with Crippen LogP contribution >= 0.6 is 11.3 Å². The van der Waals surface area contributed by atoms with Gasteiger partial charge in [0, 0.05) is 0 Å². The number of hydrogen-bond donors (Lipinski definition) is 1. The Bertz CT molecular complexity index is 219. The van der Waals surface area contributed by atoms with Crippen LogP contribution in [-0.4, -0.2) is 16.7 Å². The molecule has 9 heavy (non-hydrogen) atoms. The van der Waals surface area contributed by atoms with Crippen LogP contribution in [0.25, 0.3) is 0 Å². The summed E-state index contributed by atoms with van der Waals surface area (Å²) >= 11 is 1.57. The highest BCUT2D eigenvalue weighted by atomic mass is 32.3. The number of rotatable bonds is 1. The highest BCUT2D eigenvalue weighted by Gasteiger charge is 2.03. The van der Waals surface area contributed by atoms with E-state index in [1.807, 2.05) is 17.5 Å². The van der Waals surface area contributed by atoms with E-state index in [9.17, 15) is 4.21 Å². The van der Waals surface area contributed by atoms with Crippen LogP contribution in [0.15, 0.2) is 21.7 Å². The van der Waals surface area contributed by atoms with Crippen molar-refractivity contribution in [1.82, 2.24) is 0 Å². The first kappa shape index (κ1) is 6.96. The molecular weight excluding hydrogens is 152 g/mol. The lowest BCUT2D eigenvalue weighted by molar-refractivity contribution is 0.680. The monoisotopic (exact) mass is 162 g/mol. The highest BCUT2D eigenvalue weighted by Crippen LogP contribution is 2.18. The first-order chi connectivity index (χ1) is 4.11. The average Bonchev–Trinajstić information content (AvgIpc) is 2.08. The van der Waals surface area contributed by atoms with Gasteiger partial charge < -0.3 is 0 Å². The molecule has 0 aliphatic heterocycles. The Balaban J connectivity index is 3.04. The second-order valence-electron chi connectivity index (χ2n) is 2.30. The Morgan fingerprint density at radius 2 is 2.22 bits per heavy atom. The van der Waals surface area contributed by atoms with Gasteiger partial charge in [-0.25, -0.2) is 0 Å². The fourth-order valence-electron chi connectivity index (χ4n) is 0.576. The van der Waals surface area contributed by atoms with Crippen molar-refractivity contribution in [3.8, 4) is 0 Å². The topological polar surface area (TPSA) is 17.1 Å². The standard InChI is InChI=1S/C6H10OS2/c1-9(2,7)6-4-3-5-8-6/h3-5,9H,1-2H3. The van der Waals surface area contributed by atoms with Crippen molar-refractivity contribution in [2.45, 2.75) is 4.21 Å². The molecule has 0 unspecified atom stereocenters. The minimum atomic E-state index is -1.95. The summed E-state index contributed by atoms with van der Waals surface area (Å²) < 4.78 is 12.3. The average molecular weight is 162 g/mol. The lowest BCUT2D eigenvalue weighted by atomic mass is 10.7. The van der Waals surface area contributed by atoms with E-state index in [1.54, 1.807) is 23.8 Å². The van der Waals surface area contributed by atoms with Crippen LogP contribution in [0.4, 0.5) is 0 Å². The van der Waals surface area contributed by atoms with Gasteiger partial charge in [0.2, 0.25) is 0 Å². The Morgan fingerprint density at radius 3 is 2.44 bits per heavy atom. The van der Waals surface area contributed by atoms with Crippen molar-refractivity contribution in [2.75, 3.05) is 12.5 Å². The van der Waals surface area contributed by atoms with Crippen LogP contribution in [0.3, 0.4) is 0 Å². The molecular formula is C6H10OS2. The van der Waals surface area contributed by atoms with Crippen molar-refractivity contribution in [2.24, 2.45) is 0 Å². The molecule has 0 aliphatic rings. The number of thiol groups is 1. The highest BCUT2D eigenvalue weighted by molar-refractivity contribution is 8.03. The predicted molar refractivity (Wildman–Crippen MR) is 44.0 cm³/mol. The summed E-state index contributed by atoms with van der Waals surface area (Å²) in [5.41, 5.74) is 0. The van der Waals surface area contributed by atoms with Crippen LogP contribution in [0.5, 0.6) is 0 Å². The minimum Gasteiger partial charge on any atom is -0.280 e. The van der Waals surface area contributed by atoms with Crippen LogP contribution in [-0.2, 0) is 9.93 Å². The van der Waals surface area contributed by atoms with E-state index in [4.69, 9.17) is 0 Å². The van der Waals surface area contributed by atoms with Gasteiger partial charge in [0.05, 0.1) is 4.21 Å². The van der Waals surface area contributed by atoms with Gasteiger partial charge in [0.15, 0.2) is 0 Å². The summed E-state index contributed by atoms with van der Waals surface area (Å²) in [5, 5.41) is 1.95. The smallest absolute Gasteiger partial charge is 0.0664 e. The molecule has 0 aliphatic carbocycles. The number of thiophene rings is 1. The van der Waals surface area contributed by atoms with Gasteiger partial charge in [0.25, 0.3) is 0 Å². The van der Waals surface area contributed by atoms with E-state index < -0.39 is 9.93 Å². The Hall–Kier alpha value is -0.150. The van der Waals surface area contributed by atoms with E-state index in [2.05, 4.69) is 0 Å². The molecule has 0 aromatic carbocycles. The second-order valence-corrected chi connectivity index (χ2v) is 6.74. The maximum Gasteiger partial charge on any atom is 0.0664 e. The summed E-state index contributed by atoms with van der Waals surface area (Å²) in [6, 6.07) is 3.85. The SMILES string of the molecule is C[SH](C)(=O)c1cccs1. The zero-order valence-corrected chi connectivity index (χ0v) is 7.21. The third-order valence-electron chi connectivity index (χ3n) is 1.04. The Labute approximate surface area is 60.1 Å². The normalized spacial score (nSPS) is 13.6. The Kier molecular flexibility index (Phi) is 1.73. The van der Waals surface area contributed by atoms with Crippen LogP contribution in [0.2, 0.25) is 0 Å². The molecule has 0 saturated carbocycles. The molecule has 0 radical (unpaired) electrons. The van der Waals surface area contributed by atoms with Crippen molar-refractivity contribution >= 4 is 21.3 Å². The summed E-state index contributed by atoms with van der Waals surface area (Å²) in [5.74, 6) is 0.